The van der Waals surface area contributed by atoms with Crippen molar-refractivity contribution in [2.45, 2.75) is 13.1 Å². The lowest BCUT2D eigenvalue weighted by Crippen LogP contribution is -2.30. The van der Waals surface area contributed by atoms with Crippen molar-refractivity contribution in [3.8, 4) is 0 Å². The molecular formula is C17H14ClN3O2. The van der Waals surface area contributed by atoms with E-state index in [4.69, 9.17) is 16.0 Å². The van der Waals surface area contributed by atoms with E-state index in [2.05, 4.69) is 9.97 Å². The Morgan fingerprint density at radius 3 is 2.70 bits per heavy atom. The Balaban J connectivity index is 1.84. The van der Waals surface area contributed by atoms with Crippen LogP contribution in [-0.4, -0.2) is 20.8 Å². The van der Waals surface area contributed by atoms with Crippen molar-refractivity contribution < 1.29 is 9.21 Å². The van der Waals surface area contributed by atoms with Crippen LogP contribution < -0.4 is 0 Å². The molecule has 23 heavy (non-hydrogen) atoms. The highest BCUT2D eigenvalue weighted by Crippen LogP contribution is 2.15. The van der Waals surface area contributed by atoms with E-state index in [9.17, 15) is 4.79 Å². The Morgan fingerprint density at radius 1 is 1.13 bits per heavy atom. The third kappa shape index (κ3) is 3.96. The largest absolute Gasteiger partial charge is 0.467 e. The van der Waals surface area contributed by atoms with Crippen molar-refractivity contribution in [2.75, 3.05) is 0 Å². The van der Waals surface area contributed by atoms with Gasteiger partial charge in [0.25, 0.3) is 5.91 Å². The molecule has 0 N–H and O–H groups in total. The molecule has 0 aliphatic rings. The van der Waals surface area contributed by atoms with Crippen LogP contribution in [0, 0.1) is 0 Å². The maximum atomic E-state index is 12.8. The number of nitrogens with zero attached hydrogens (tertiary/aromatic N) is 3. The lowest BCUT2D eigenvalue weighted by Gasteiger charge is -2.21. The molecule has 0 aliphatic carbocycles. The summed E-state index contributed by atoms with van der Waals surface area (Å²) >= 11 is 5.78. The first-order chi connectivity index (χ1) is 11.2. The van der Waals surface area contributed by atoms with Gasteiger partial charge in [0.05, 0.1) is 18.4 Å². The smallest absolute Gasteiger partial charge is 0.256 e. The van der Waals surface area contributed by atoms with Crippen LogP contribution in [-0.2, 0) is 13.1 Å². The van der Waals surface area contributed by atoms with E-state index in [-0.39, 0.29) is 5.91 Å². The van der Waals surface area contributed by atoms with Crippen LogP contribution in [0.5, 0.6) is 0 Å². The molecule has 0 saturated carbocycles. The number of furan rings is 1. The van der Waals surface area contributed by atoms with Gasteiger partial charge in [0.1, 0.15) is 10.9 Å². The summed E-state index contributed by atoms with van der Waals surface area (Å²) in [5.74, 6) is 0.568. The van der Waals surface area contributed by atoms with Crippen LogP contribution in [0.15, 0.2) is 65.7 Å². The van der Waals surface area contributed by atoms with Gasteiger partial charge in [-0.2, -0.15) is 0 Å². The van der Waals surface area contributed by atoms with Crippen LogP contribution in [0.3, 0.4) is 0 Å². The van der Waals surface area contributed by atoms with Gasteiger partial charge in [-0.1, -0.05) is 17.7 Å². The fourth-order valence-electron chi connectivity index (χ4n) is 2.19. The highest BCUT2D eigenvalue weighted by molar-refractivity contribution is 6.29. The van der Waals surface area contributed by atoms with Gasteiger partial charge in [0.15, 0.2) is 0 Å². The van der Waals surface area contributed by atoms with Gasteiger partial charge in [-0.25, -0.2) is 4.98 Å². The number of carbonyl (C=O) groups excluding carboxylic acids is 1. The van der Waals surface area contributed by atoms with Gasteiger partial charge in [0, 0.05) is 25.1 Å². The highest BCUT2D eigenvalue weighted by Gasteiger charge is 2.18. The summed E-state index contributed by atoms with van der Waals surface area (Å²) in [4.78, 5) is 22.5. The fraction of sp³-hybridized carbons (Fsp3) is 0.118. The molecule has 0 aliphatic heterocycles. The molecule has 0 aromatic carbocycles. The van der Waals surface area contributed by atoms with Crippen molar-refractivity contribution in [1.82, 2.24) is 14.9 Å². The molecule has 3 aromatic heterocycles. The van der Waals surface area contributed by atoms with Crippen molar-refractivity contribution >= 4 is 17.5 Å². The summed E-state index contributed by atoms with van der Waals surface area (Å²) in [6, 6.07) is 10.7. The first-order valence-corrected chi connectivity index (χ1v) is 7.42. The second-order valence-corrected chi connectivity index (χ2v) is 5.36. The average molecular weight is 328 g/mol. The Kier molecular flexibility index (Phi) is 4.68. The van der Waals surface area contributed by atoms with Crippen LogP contribution >= 0.6 is 11.6 Å². The minimum absolute atomic E-state index is 0.144. The number of hydrogen-bond donors (Lipinski definition) is 0. The molecule has 0 saturated heterocycles. The molecule has 0 radical (unpaired) electrons. The Labute approximate surface area is 138 Å². The van der Waals surface area contributed by atoms with Gasteiger partial charge in [-0.3, -0.25) is 9.78 Å². The molecule has 3 aromatic rings. The van der Waals surface area contributed by atoms with E-state index in [0.29, 0.717) is 29.6 Å². The summed E-state index contributed by atoms with van der Waals surface area (Å²) < 4.78 is 5.36. The molecule has 0 atom stereocenters. The molecule has 3 rings (SSSR count). The van der Waals surface area contributed by atoms with Gasteiger partial charge in [0.2, 0.25) is 0 Å². The van der Waals surface area contributed by atoms with E-state index in [0.717, 1.165) is 5.56 Å². The zero-order valence-corrected chi connectivity index (χ0v) is 13.0. The highest BCUT2D eigenvalue weighted by atomic mass is 35.5. The van der Waals surface area contributed by atoms with Gasteiger partial charge >= 0.3 is 0 Å². The van der Waals surface area contributed by atoms with Crippen LogP contribution in [0.25, 0.3) is 0 Å². The second-order valence-electron chi connectivity index (χ2n) is 4.97. The number of hydrogen-bond acceptors (Lipinski definition) is 4. The first kappa shape index (κ1) is 15.2. The van der Waals surface area contributed by atoms with Crippen molar-refractivity contribution in [2.24, 2.45) is 0 Å². The second kappa shape index (κ2) is 7.07. The quantitative estimate of drug-likeness (QED) is 0.672. The number of rotatable bonds is 5. The SMILES string of the molecule is O=C(c1ccc(Cl)nc1)N(Cc1cccnc1)Cc1ccco1. The van der Waals surface area contributed by atoms with Crippen LogP contribution in [0.4, 0.5) is 0 Å². The van der Waals surface area contributed by atoms with Crippen LogP contribution in [0.1, 0.15) is 21.7 Å². The number of halogens is 1. The van der Waals surface area contributed by atoms with E-state index in [1.807, 2.05) is 18.2 Å². The molecule has 0 fully saturated rings. The zero-order chi connectivity index (χ0) is 16.1. The first-order valence-electron chi connectivity index (χ1n) is 7.04. The molecule has 0 unspecified atom stereocenters. The van der Waals surface area contributed by atoms with Gasteiger partial charge in [-0.15, -0.1) is 0 Å². The molecule has 0 spiro atoms. The molecule has 0 bridgehead atoms. The average Bonchev–Trinajstić information content (AvgIpc) is 3.08. The summed E-state index contributed by atoms with van der Waals surface area (Å²) in [5.41, 5.74) is 1.42. The number of amides is 1. The number of carbonyl (C=O) groups is 1. The maximum Gasteiger partial charge on any atom is 0.256 e. The zero-order valence-electron chi connectivity index (χ0n) is 12.2. The fourth-order valence-corrected chi connectivity index (χ4v) is 2.30. The molecule has 6 heteroatoms. The predicted octanol–water partition coefficient (Wildman–Crippen LogP) is 3.57. The lowest BCUT2D eigenvalue weighted by molar-refractivity contribution is 0.0717. The lowest BCUT2D eigenvalue weighted by atomic mass is 10.2. The number of aromatic nitrogens is 2. The van der Waals surface area contributed by atoms with E-state index in [1.54, 1.807) is 41.8 Å². The Morgan fingerprint density at radius 2 is 2.04 bits per heavy atom. The third-order valence-corrected chi connectivity index (χ3v) is 3.51. The van der Waals surface area contributed by atoms with Gasteiger partial charge in [-0.05, 0) is 35.9 Å². The molecule has 1 amide bonds. The molecule has 5 nitrogen and oxygen atoms in total. The minimum atomic E-state index is -0.144. The van der Waals surface area contributed by atoms with Crippen molar-refractivity contribution in [3.05, 3.63) is 83.3 Å². The topological polar surface area (TPSA) is 59.2 Å². The Hall–Kier alpha value is -2.66. The van der Waals surface area contributed by atoms with E-state index < -0.39 is 0 Å². The standard InChI is InChI=1S/C17H14ClN3O2/c18-16-6-5-14(10-20-16)17(22)21(12-15-4-2-8-23-15)11-13-3-1-7-19-9-13/h1-10H,11-12H2. The molecular weight excluding hydrogens is 314 g/mol. The van der Waals surface area contributed by atoms with Crippen molar-refractivity contribution in [3.63, 3.8) is 0 Å². The van der Waals surface area contributed by atoms with E-state index in [1.165, 1.54) is 6.20 Å². The summed E-state index contributed by atoms with van der Waals surface area (Å²) in [6.07, 6.45) is 6.50. The normalized spacial score (nSPS) is 10.5. The van der Waals surface area contributed by atoms with Crippen LogP contribution in [0.2, 0.25) is 5.15 Å². The number of pyridine rings is 2. The molecule has 116 valence electrons. The molecule has 3 heterocycles. The van der Waals surface area contributed by atoms with E-state index >= 15 is 0 Å². The van der Waals surface area contributed by atoms with Crippen molar-refractivity contribution in [1.29, 1.82) is 0 Å². The Bertz CT molecular complexity index is 758. The predicted molar refractivity (Wildman–Crippen MR) is 85.8 cm³/mol. The minimum Gasteiger partial charge on any atom is -0.467 e. The third-order valence-electron chi connectivity index (χ3n) is 3.28. The summed E-state index contributed by atoms with van der Waals surface area (Å²) in [5, 5.41) is 0.353. The maximum absolute atomic E-state index is 12.8. The van der Waals surface area contributed by atoms with Gasteiger partial charge < -0.3 is 9.32 Å². The summed E-state index contributed by atoms with van der Waals surface area (Å²) in [6.45, 7) is 0.791. The monoisotopic (exact) mass is 327 g/mol. The summed E-state index contributed by atoms with van der Waals surface area (Å²) in [7, 11) is 0.